The highest BCUT2D eigenvalue weighted by molar-refractivity contribution is 5.98. The molecule has 0 saturated carbocycles. The van der Waals surface area contributed by atoms with Gasteiger partial charge in [0.15, 0.2) is 29.2 Å². The minimum Gasteiger partial charge on any atom is -0.394 e. The van der Waals surface area contributed by atoms with Crippen LogP contribution in [0.25, 0.3) is 0 Å². The number of carbonyl (C=O) groups excluding carboxylic acids is 8. The Morgan fingerprint density at radius 2 is 1.23 bits per heavy atom. The number of carbonyl (C=O) groups is 8. The second-order valence-electron chi connectivity index (χ2n) is 16.2. The van der Waals surface area contributed by atoms with Crippen LogP contribution in [0.4, 0.5) is 17.6 Å². The molecule has 64 heavy (non-hydrogen) atoms. The predicted octanol–water partition coefficient (Wildman–Crippen LogP) is -2.97. The van der Waals surface area contributed by atoms with Crippen molar-refractivity contribution in [1.82, 2.24) is 31.5 Å². The third-order valence-electron chi connectivity index (χ3n) is 9.91. The minimum atomic E-state index is -2.19. The van der Waals surface area contributed by atoms with Crippen molar-refractivity contribution in [3.05, 3.63) is 34.9 Å². The van der Waals surface area contributed by atoms with Crippen LogP contribution in [0.15, 0.2) is 11.1 Å². The molecule has 0 aromatic heterocycles. The molecule has 1 fully saturated rings. The summed E-state index contributed by atoms with van der Waals surface area (Å²) in [6, 6.07) is -10.2. The lowest BCUT2D eigenvalue weighted by Crippen LogP contribution is -2.60. The summed E-state index contributed by atoms with van der Waals surface area (Å²) in [5.74, 6) is -16.6. The van der Waals surface area contributed by atoms with Crippen molar-refractivity contribution in [2.24, 2.45) is 45.5 Å². The monoisotopic (exact) mass is 916 g/mol. The third-order valence-corrected chi connectivity index (χ3v) is 9.91. The van der Waals surface area contributed by atoms with Crippen LogP contribution < -0.4 is 55.3 Å². The van der Waals surface area contributed by atoms with Gasteiger partial charge in [-0.3, -0.25) is 43.3 Å². The van der Waals surface area contributed by atoms with Crippen molar-refractivity contribution in [3.63, 3.8) is 0 Å². The van der Waals surface area contributed by atoms with Crippen molar-refractivity contribution in [3.8, 4) is 0 Å². The molecule has 1 aliphatic rings. The highest BCUT2D eigenvalue weighted by atomic mass is 19.2. The first-order valence-corrected chi connectivity index (χ1v) is 20.5. The molecule has 0 aliphatic carbocycles. The van der Waals surface area contributed by atoms with E-state index >= 15 is 0 Å². The summed E-state index contributed by atoms with van der Waals surface area (Å²) in [6.45, 7) is 5.95. The smallest absolute Gasteiger partial charge is 0.246 e. The van der Waals surface area contributed by atoms with E-state index in [1.165, 1.54) is 0 Å². The maximum atomic E-state index is 14.7. The maximum Gasteiger partial charge on any atom is 0.246 e. The normalized spacial score (nSPS) is 16.4. The summed E-state index contributed by atoms with van der Waals surface area (Å²) in [7, 11) is 0. The quantitative estimate of drug-likeness (QED) is 0.0117. The van der Waals surface area contributed by atoms with Gasteiger partial charge in [-0.05, 0) is 62.0 Å². The standard InChI is InChI=1S/C39H60F4N12O9/c1-17(2)11-23(35(61)50-22(7-5-9-49-39(47)48)34(60)54-26(15-28(45)57)38(64)55-10-6-8-27(55)32(46)58)52-36(62)24(12-18(3)4)53-37(63)25(51-33(59)21(44)16-56)14-19-13-20(40)30(42)31(43)29(19)41/h13,17-18,21-27,56H,5-12,14-16,44H2,1-4H3,(H2,45,57)(H2,46,58)(H,50,61)(H,51,59)(H,52,62)(H,53,63)(H,54,60)(H4,47,48,49)/t21-,22-,23-,24-,25-,26-,27-/m0/s1. The number of benzene rings is 1. The van der Waals surface area contributed by atoms with Gasteiger partial charge < -0.3 is 65.3 Å². The Balaban J connectivity index is 2.46. The first-order chi connectivity index (χ1) is 29.9. The van der Waals surface area contributed by atoms with Crippen LogP contribution in [-0.2, 0) is 44.8 Å². The number of rotatable bonds is 25. The molecule has 1 saturated heterocycles. The summed E-state index contributed by atoms with van der Waals surface area (Å²) in [6.07, 6.45) is -1.21. The van der Waals surface area contributed by atoms with Crippen LogP contribution >= 0.6 is 0 Å². The van der Waals surface area contributed by atoms with E-state index < -0.39 is 138 Å². The Morgan fingerprint density at radius 1 is 0.734 bits per heavy atom. The number of hydrogen-bond acceptors (Lipinski definition) is 11. The van der Waals surface area contributed by atoms with Gasteiger partial charge in [0.25, 0.3) is 0 Å². The van der Waals surface area contributed by atoms with Crippen molar-refractivity contribution >= 4 is 53.2 Å². The van der Waals surface area contributed by atoms with Crippen molar-refractivity contribution in [1.29, 1.82) is 0 Å². The molecule has 1 aromatic carbocycles. The molecular formula is C39H60F4N12O9. The number of hydrogen-bond donors (Lipinski definition) is 11. The van der Waals surface area contributed by atoms with Gasteiger partial charge in [0.2, 0.25) is 47.3 Å². The zero-order valence-electron chi connectivity index (χ0n) is 36.1. The first kappa shape index (κ1) is 54.0. The number of aliphatic hydroxyl groups excluding tert-OH is 1. The fourth-order valence-corrected chi connectivity index (χ4v) is 6.76. The Bertz CT molecular complexity index is 1900. The third kappa shape index (κ3) is 16.5. The highest BCUT2D eigenvalue weighted by Crippen LogP contribution is 2.21. The van der Waals surface area contributed by atoms with Crippen molar-refractivity contribution in [2.45, 2.75) is 121 Å². The number of guanidine groups is 1. The van der Waals surface area contributed by atoms with E-state index in [9.17, 15) is 61.0 Å². The van der Waals surface area contributed by atoms with Gasteiger partial charge in [-0.15, -0.1) is 0 Å². The number of aliphatic imine (C=N–C) groups is 1. The first-order valence-electron chi connectivity index (χ1n) is 20.5. The molecule has 8 amide bonds. The van der Waals surface area contributed by atoms with E-state index in [2.05, 4.69) is 31.6 Å². The maximum absolute atomic E-state index is 14.7. The Morgan fingerprint density at radius 3 is 1.73 bits per heavy atom. The van der Waals surface area contributed by atoms with Gasteiger partial charge in [0, 0.05) is 19.5 Å². The molecule has 1 aliphatic heterocycles. The number of halogens is 4. The number of likely N-dealkylation sites (tertiary alicyclic amines) is 1. The summed E-state index contributed by atoms with van der Waals surface area (Å²) in [5, 5.41) is 21.4. The van der Waals surface area contributed by atoms with Crippen LogP contribution in [0.2, 0.25) is 0 Å². The van der Waals surface area contributed by atoms with E-state index in [0.29, 0.717) is 6.42 Å². The summed E-state index contributed by atoms with van der Waals surface area (Å²) >= 11 is 0. The SMILES string of the molecule is CC(C)C[C@H](NC(=O)[C@H](CC(C)C)NC(=O)[C@H](Cc1cc(F)c(F)c(F)c1F)NC(=O)[C@@H](N)CO)C(=O)N[C@@H](CCCN=C(N)N)C(=O)N[C@@H](CC(N)=O)C(=O)N1CCC[C@H]1C(N)=O. The molecule has 25 heteroatoms. The number of amides is 8. The molecule has 16 N–H and O–H groups in total. The Hall–Kier alpha value is -6.11. The van der Waals surface area contributed by atoms with Gasteiger partial charge in [-0.1, -0.05) is 27.7 Å². The van der Waals surface area contributed by atoms with Gasteiger partial charge in [0.05, 0.1) is 13.0 Å². The molecule has 0 unspecified atom stereocenters. The molecule has 0 bridgehead atoms. The number of aliphatic hydroxyl groups is 1. The fraction of sp³-hybridized carbons (Fsp3) is 0.615. The van der Waals surface area contributed by atoms with E-state index in [0.717, 1.165) is 4.90 Å². The van der Waals surface area contributed by atoms with Crippen LogP contribution in [0, 0.1) is 35.1 Å². The lowest BCUT2D eigenvalue weighted by Gasteiger charge is -2.30. The van der Waals surface area contributed by atoms with Crippen LogP contribution in [0.5, 0.6) is 0 Å². The lowest BCUT2D eigenvalue weighted by atomic mass is 9.98. The van der Waals surface area contributed by atoms with E-state index in [1.807, 2.05) is 0 Å². The number of primary amides is 2. The zero-order valence-corrected chi connectivity index (χ0v) is 36.1. The van der Waals surface area contributed by atoms with Crippen molar-refractivity contribution in [2.75, 3.05) is 19.7 Å². The molecule has 2 rings (SSSR count). The number of nitrogens with zero attached hydrogens (tertiary/aromatic N) is 2. The molecular weight excluding hydrogens is 856 g/mol. The lowest BCUT2D eigenvalue weighted by molar-refractivity contribution is -0.142. The fourth-order valence-electron chi connectivity index (χ4n) is 6.76. The summed E-state index contributed by atoms with van der Waals surface area (Å²) in [5.41, 5.74) is 26.4. The second-order valence-corrected chi connectivity index (χ2v) is 16.2. The van der Waals surface area contributed by atoms with Gasteiger partial charge in [-0.2, -0.15) is 0 Å². The van der Waals surface area contributed by atoms with Crippen LogP contribution in [0.3, 0.4) is 0 Å². The molecule has 1 heterocycles. The average molecular weight is 917 g/mol. The van der Waals surface area contributed by atoms with Crippen molar-refractivity contribution < 1.29 is 61.0 Å². The highest BCUT2D eigenvalue weighted by Gasteiger charge is 2.39. The summed E-state index contributed by atoms with van der Waals surface area (Å²) in [4.78, 5) is 111. The molecule has 0 radical (unpaired) electrons. The van der Waals surface area contributed by atoms with E-state index in [-0.39, 0.29) is 69.1 Å². The molecule has 358 valence electrons. The van der Waals surface area contributed by atoms with Gasteiger partial charge in [0.1, 0.15) is 42.3 Å². The van der Waals surface area contributed by atoms with Crippen LogP contribution in [0.1, 0.15) is 78.2 Å². The predicted molar refractivity (Wildman–Crippen MR) is 221 cm³/mol. The Kier molecular flexibility index (Phi) is 21.3. The largest absolute Gasteiger partial charge is 0.394 e. The Labute approximate surface area is 366 Å². The van der Waals surface area contributed by atoms with Gasteiger partial charge >= 0.3 is 0 Å². The van der Waals surface area contributed by atoms with Gasteiger partial charge in [-0.25, -0.2) is 17.6 Å². The molecule has 1 aromatic rings. The molecule has 0 spiro atoms. The second kappa shape index (κ2) is 25.3. The number of nitrogens with two attached hydrogens (primary N) is 5. The zero-order chi connectivity index (χ0) is 48.6. The van der Waals surface area contributed by atoms with E-state index in [4.69, 9.17) is 28.7 Å². The molecule has 7 atom stereocenters. The number of nitrogens with one attached hydrogen (secondary N) is 5. The van der Waals surface area contributed by atoms with E-state index in [1.54, 1.807) is 27.7 Å². The summed E-state index contributed by atoms with van der Waals surface area (Å²) < 4.78 is 56.7. The molecule has 21 nitrogen and oxygen atoms in total. The van der Waals surface area contributed by atoms with Crippen LogP contribution in [-0.4, -0.2) is 125 Å². The topological polar surface area (TPSA) is 363 Å². The minimum absolute atomic E-state index is 0.00644. The average Bonchev–Trinajstić information content (AvgIpc) is 3.71.